The van der Waals surface area contributed by atoms with Gasteiger partial charge in [0.1, 0.15) is 5.82 Å². The lowest BCUT2D eigenvalue weighted by Gasteiger charge is -2.20. The first-order chi connectivity index (χ1) is 8.20. The van der Waals surface area contributed by atoms with Crippen molar-refractivity contribution in [2.75, 3.05) is 0 Å². The molecule has 1 aromatic rings. The van der Waals surface area contributed by atoms with Gasteiger partial charge in [-0.2, -0.15) is 0 Å². The summed E-state index contributed by atoms with van der Waals surface area (Å²) in [6, 6.07) is 6.81. The second-order valence-electron chi connectivity index (χ2n) is 4.84. The van der Waals surface area contributed by atoms with E-state index in [0.29, 0.717) is 11.6 Å². The number of hydrogen-bond acceptors (Lipinski definition) is 2. The molecule has 94 valence electrons. The van der Waals surface area contributed by atoms with Gasteiger partial charge in [0.05, 0.1) is 6.10 Å². The maximum absolute atomic E-state index is 13.1. The number of hydrogen-bond donors (Lipinski definition) is 2. The molecule has 1 aromatic carbocycles. The minimum atomic E-state index is -0.604. The fourth-order valence-corrected chi connectivity index (χ4v) is 2.60. The number of aliphatic hydroxyl groups excluding tert-OH is 1. The highest BCUT2D eigenvalue weighted by Gasteiger charge is 2.29. The van der Waals surface area contributed by atoms with E-state index in [1.807, 2.05) is 0 Å². The topological polar surface area (TPSA) is 32.3 Å². The van der Waals surface area contributed by atoms with E-state index < -0.39 is 6.10 Å². The summed E-state index contributed by atoms with van der Waals surface area (Å²) in [5.41, 5.74) is 0.666. The van der Waals surface area contributed by atoms with Gasteiger partial charge in [0.25, 0.3) is 0 Å². The van der Waals surface area contributed by atoms with Gasteiger partial charge in [0.2, 0.25) is 0 Å². The van der Waals surface area contributed by atoms with Crippen LogP contribution in [0.3, 0.4) is 0 Å². The Morgan fingerprint density at radius 2 is 2.29 bits per heavy atom. The van der Waals surface area contributed by atoms with E-state index in [1.54, 1.807) is 12.1 Å². The highest BCUT2D eigenvalue weighted by Crippen LogP contribution is 2.27. The molecule has 17 heavy (non-hydrogen) atoms. The van der Waals surface area contributed by atoms with Gasteiger partial charge >= 0.3 is 0 Å². The van der Waals surface area contributed by atoms with Crippen molar-refractivity contribution in [2.24, 2.45) is 0 Å². The highest BCUT2D eigenvalue weighted by atomic mass is 19.1. The fourth-order valence-electron chi connectivity index (χ4n) is 2.60. The molecule has 0 saturated carbocycles. The summed E-state index contributed by atoms with van der Waals surface area (Å²) in [5, 5.41) is 13.6. The molecule has 0 spiro atoms. The fraction of sp³-hybridized carbons (Fsp3) is 0.571. The molecule has 1 saturated heterocycles. The van der Waals surface area contributed by atoms with Crippen LogP contribution in [0.2, 0.25) is 0 Å². The van der Waals surface area contributed by atoms with Crippen LogP contribution in [0.4, 0.5) is 4.39 Å². The quantitative estimate of drug-likeness (QED) is 0.844. The van der Waals surface area contributed by atoms with E-state index >= 15 is 0 Å². The smallest absolute Gasteiger partial charge is 0.123 e. The lowest BCUT2D eigenvalue weighted by Crippen LogP contribution is -2.33. The van der Waals surface area contributed by atoms with Gasteiger partial charge < -0.3 is 10.4 Å². The Hall–Kier alpha value is -0.930. The van der Waals surface area contributed by atoms with Gasteiger partial charge in [0, 0.05) is 12.1 Å². The molecule has 2 rings (SSSR count). The molecule has 1 aliphatic rings. The Labute approximate surface area is 102 Å². The van der Waals surface area contributed by atoms with Crippen molar-refractivity contribution in [1.29, 1.82) is 0 Å². The lowest BCUT2D eigenvalue weighted by atomic mass is 10.0. The van der Waals surface area contributed by atoms with Gasteiger partial charge in [-0.25, -0.2) is 4.39 Å². The third-order valence-electron chi connectivity index (χ3n) is 3.48. The molecule has 1 unspecified atom stereocenters. The summed E-state index contributed by atoms with van der Waals surface area (Å²) in [6.07, 6.45) is 3.76. The molecule has 1 aliphatic heterocycles. The zero-order valence-electron chi connectivity index (χ0n) is 10.2. The van der Waals surface area contributed by atoms with Crippen LogP contribution in [-0.2, 0) is 0 Å². The van der Waals surface area contributed by atoms with Crippen LogP contribution in [0.1, 0.15) is 44.3 Å². The molecule has 0 bridgehead atoms. The van der Waals surface area contributed by atoms with Crippen molar-refractivity contribution in [3.63, 3.8) is 0 Å². The minimum absolute atomic E-state index is 0.0633. The van der Waals surface area contributed by atoms with Crippen molar-refractivity contribution in [1.82, 2.24) is 5.32 Å². The summed E-state index contributed by atoms with van der Waals surface area (Å²) in [6.45, 7) is 2.16. The molecule has 0 radical (unpaired) electrons. The molecule has 2 N–H and O–H groups in total. The van der Waals surface area contributed by atoms with Gasteiger partial charge in [-0.1, -0.05) is 25.5 Å². The van der Waals surface area contributed by atoms with Crippen LogP contribution in [0, 0.1) is 5.82 Å². The standard InChI is InChI=1S/C14H20FNO/c1-2-4-12-7-8-13(16-12)14(17)10-5-3-6-11(15)9-10/h3,5-6,9,12-14,16-17H,2,4,7-8H2,1H3/t12-,13+,14?/m1/s1. The molecular weight excluding hydrogens is 217 g/mol. The summed E-state index contributed by atoms with van der Waals surface area (Å²) in [4.78, 5) is 0. The van der Waals surface area contributed by atoms with Crippen molar-refractivity contribution >= 4 is 0 Å². The first kappa shape index (κ1) is 12.5. The van der Waals surface area contributed by atoms with Crippen LogP contribution in [0.25, 0.3) is 0 Å². The van der Waals surface area contributed by atoms with E-state index in [2.05, 4.69) is 12.2 Å². The predicted molar refractivity (Wildman–Crippen MR) is 66.2 cm³/mol. The molecule has 0 amide bonds. The predicted octanol–water partition coefficient (Wildman–Crippen LogP) is 2.78. The number of aliphatic hydroxyl groups is 1. The summed E-state index contributed by atoms with van der Waals surface area (Å²) in [5.74, 6) is -0.287. The Balaban J connectivity index is 1.99. The molecule has 0 aromatic heterocycles. The van der Waals surface area contributed by atoms with Crippen LogP contribution in [-0.4, -0.2) is 17.2 Å². The number of nitrogens with one attached hydrogen (secondary N) is 1. The largest absolute Gasteiger partial charge is 0.387 e. The van der Waals surface area contributed by atoms with E-state index in [1.165, 1.54) is 12.1 Å². The molecule has 2 nitrogen and oxygen atoms in total. The Morgan fingerprint density at radius 3 is 3.00 bits per heavy atom. The van der Waals surface area contributed by atoms with Gasteiger partial charge in [-0.05, 0) is 37.0 Å². The molecular formula is C14H20FNO. The van der Waals surface area contributed by atoms with Crippen LogP contribution in [0.15, 0.2) is 24.3 Å². The monoisotopic (exact) mass is 237 g/mol. The van der Waals surface area contributed by atoms with Gasteiger partial charge in [-0.3, -0.25) is 0 Å². The molecule has 3 atom stereocenters. The third kappa shape index (κ3) is 3.05. The van der Waals surface area contributed by atoms with Crippen LogP contribution >= 0.6 is 0 Å². The van der Waals surface area contributed by atoms with E-state index in [4.69, 9.17) is 0 Å². The zero-order chi connectivity index (χ0) is 12.3. The van der Waals surface area contributed by atoms with E-state index in [9.17, 15) is 9.50 Å². The first-order valence-electron chi connectivity index (χ1n) is 6.40. The molecule has 1 fully saturated rings. The second kappa shape index (κ2) is 5.61. The maximum Gasteiger partial charge on any atom is 0.123 e. The first-order valence-corrected chi connectivity index (χ1v) is 6.40. The summed E-state index contributed by atoms with van der Waals surface area (Å²) < 4.78 is 13.1. The summed E-state index contributed by atoms with van der Waals surface area (Å²) in [7, 11) is 0. The Bertz CT molecular complexity index is 369. The van der Waals surface area contributed by atoms with Gasteiger partial charge in [0.15, 0.2) is 0 Å². The van der Waals surface area contributed by atoms with Crippen molar-refractivity contribution in [3.05, 3.63) is 35.6 Å². The van der Waals surface area contributed by atoms with Crippen LogP contribution < -0.4 is 5.32 Å². The normalized spacial score (nSPS) is 26.1. The average molecular weight is 237 g/mol. The third-order valence-corrected chi connectivity index (χ3v) is 3.48. The number of rotatable bonds is 4. The molecule has 0 aliphatic carbocycles. The second-order valence-corrected chi connectivity index (χ2v) is 4.84. The molecule has 1 heterocycles. The van der Waals surface area contributed by atoms with Crippen molar-refractivity contribution in [2.45, 2.75) is 50.8 Å². The van der Waals surface area contributed by atoms with E-state index in [0.717, 1.165) is 25.7 Å². The number of benzene rings is 1. The highest BCUT2D eigenvalue weighted by molar-refractivity contribution is 5.20. The zero-order valence-corrected chi connectivity index (χ0v) is 10.2. The SMILES string of the molecule is CCC[C@@H]1CC[C@@H](C(O)c2cccc(F)c2)N1. The van der Waals surface area contributed by atoms with Crippen molar-refractivity contribution < 1.29 is 9.50 Å². The van der Waals surface area contributed by atoms with Crippen molar-refractivity contribution in [3.8, 4) is 0 Å². The summed E-state index contributed by atoms with van der Waals surface area (Å²) >= 11 is 0. The lowest BCUT2D eigenvalue weighted by molar-refractivity contribution is 0.134. The van der Waals surface area contributed by atoms with Crippen LogP contribution in [0.5, 0.6) is 0 Å². The van der Waals surface area contributed by atoms with E-state index in [-0.39, 0.29) is 11.9 Å². The van der Waals surface area contributed by atoms with Gasteiger partial charge in [-0.15, -0.1) is 0 Å². The molecule has 3 heteroatoms. The Morgan fingerprint density at radius 1 is 1.47 bits per heavy atom. The maximum atomic E-state index is 13.1. The Kier molecular flexibility index (Phi) is 4.13. The minimum Gasteiger partial charge on any atom is -0.387 e. The number of halogens is 1. The average Bonchev–Trinajstić information content (AvgIpc) is 2.77.